The van der Waals surface area contributed by atoms with Gasteiger partial charge in [-0.05, 0) is 29.2 Å². The Balaban J connectivity index is 0.00000289. The van der Waals surface area contributed by atoms with Crippen molar-refractivity contribution >= 4 is 29.3 Å². The fraction of sp³-hybridized carbons (Fsp3) is 0.360. The Labute approximate surface area is 194 Å². The van der Waals surface area contributed by atoms with E-state index in [1.54, 1.807) is 24.3 Å². The van der Waals surface area contributed by atoms with Crippen LogP contribution in [0.1, 0.15) is 47.5 Å². The van der Waals surface area contributed by atoms with Crippen molar-refractivity contribution < 1.29 is 13.9 Å². The van der Waals surface area contributed by atoms with Gasteiger partial charge in [-0.1, -0.05) is 50.2 Å². The van der Waals surface area contributed by atoms with Crippen LogP contribution >= 0.6 is 12.4 Å². The monoisotopic (exact) mass is 456 g/mol. The van der Waals surface area contributed by atoms with Crippen molar-refractivity contribution in [2.75, 3.05) is 32.8 Å². The van der Waals surface area contributed by atoms with Gasteiger partial charge in [-0.15, -0.1) is 12.4 Å². The standard InChI is InChI=1S/C25H28N2O4.ClH/c1-17(2)18-7-9-19(10-8-18)21(27-11-13-30-14-12-27)16-26-25(29)24-15-22(28)20-5-3-4-6-23(20)31-24;/h3-10,15,17,21H,11-14,16H2,1-2H3,(H,26,29);1H. The second-order valence-electron chi connectivity index (χ2n) is 8.17. The number of carbonyl (C=O) groups excluding carboxylic acids is 1. The van der Waals surface area contributed by atoms with Crippen molar-refractivity contribution in [1.29, 1.82) is 0 Å². The lowest BCUT2D eigenvalue weighted by atomic mass is 9.98. The Morgan fingerprint density at radius 3 is 2.38 bits per heavy atom. The molecule has 1 aromatic heterocycles. The summed E-state index contributed by atoms with van der Waals surface area (Å²) in [4.78, 5) is 27.5. The molecule has 32 heavy (non-hydrogen) atoms. The molecule has 0 spiro atoms. The fourth-order valence-corrected chi connectivity index (χ4v) is 3.94. The Bertz CT molecular complexity index is 1100. The highest BCUT2D eigenvalue weighted by atomic mass is 35.5. The quantitative estimate of drug-likeness (QED) is 0.603. The van der Waals surface area contributed by atoms with E-state index in [-0.39, 0.29) is 35.5 Å². The van der Waals surface area contributed by atoms with Crippen LogP contribution in [0, 0.1) is 0 Å². The normalized spacial score (nSPS) is 15.3. The zero-order valence-corrected chi connectivity index (χ0v) is 19.2. The van der Waals surface area contributed by atoms with Crippen LogP contribution in [0.3, 0.4) is 0 Å². The van der Waals surface area contributed by atoms with Crippen LogP contribution in [-0.4, -0.2) is 43.7 Å². The highest BCUT2D eigenvalue weighted by Crippen LogP contribution is 2.24. The van der Waals surface area contributed by atoms with Gasteiger partial charge < -0.3 is 14.5 Å². The average molecular weight is 457 g/mol. The summed E-state index contributed by atoms with van der Waals surface area (Å²) in [6.45, 7) is 7.71. The molecule has 0 saturated carbocycles. The second kappa shape index (κ2) is 10.8. The maximum Gasteiger partial charge on any atom is 0.287 e. The largest absolute Gasteiger partial charge is 0.451 e. The van der Waals surface area contributed by atoms with Crippen molar-refractivity contribution in [2.24, 2.45) is 0 Å². The van der Waals surface area contributed by atoms with E-state index in [1.807, 2.05) is 0 Å². The first-order valence-electron chi connectivity index (χ1n) is 10.8. The Morgan fingerprint density at radius 2 is 1.69 bits per heavy atom. The highest BCUT2D eigenvalue weighted by Gasteiger charge is 2.24. The van der Waals surface area contributed by atoms with Crippen LogP contribution in [0.15, 0.2) is 63.8 Å². The number of morpholine rings is 1. The van der Waals surface area contributed by atoms with Crippen LogP contribution in [0.2, 0.25) is 0 Å². The second-order valence-corrected chi connectivity index (χ2v) is 8.17. The molecular weight excluding hydrogens is 428 g/mol. The number of nitrogens with zero attached hydrogens (tertiary/aromatic N) is 1. The van der Waals surface area contributed by atoms with E-state index < -0.39 is 0 Å². The molecule has 0 aliphatic carbocycles. The zero-order chi connectivity index (χ0) is 21.8. The minimum Gasteiger partial charge on any atom is -0.451 e. The van der Waals surface area contributed by atoms with E-state index in [0.717, 1.165) is 18.7 Å². The molecule has 170 valence electrons. The number of halogens is 1. The Morgan fingerprint density at radius 1 is 1.03 bits per heavy atom. The van der Waals surface area contributed by atoms with Crippen molar-refractivity contribution in [3.05, 3.63) is 81.7 Å². The molecule has 6 nitrogen and oxygen atoms in total. The third-order valence-corrected chi connectivity index (χ3v) is 5.79. The summed E-state index contributed by atoms with van der Waals surface area (Å²) in [7, 11) is 0. The van der Waals surface area contributed by atoms with Crippen LogP contribution in [0.5, 0.6) is 0 Å². The number of carbonyl (C=O) groups is 1. The lowest BCUT2D eigenvalue weighted by molar-refractivity contribution is 0.0161. The predicted molar refractivity (Wildman–Crippen MR) is 128 cm³/mol. The lowest BCUT2D eigenvalue weighted by Crippen LogP contribution is -2.43. The first-order valence-corrected chi connectivity index (χ1v) is 10.8. The van der Waals surface area contributed by atoms with Crippen LogP contribution in [-0.2, 0) is 4.74 Å². The van der Waals surface area contributed by atoms with Gasteiger partial charge in [0.15, 0.2) is 11.2 Å². The highest BCUT2D eigenvalue weighted by molar-refractivity contribution is 5.93. The number of hydrogen-bond acceptors (Lipinski definition) is 5. The zero-order valence-electron chi connectivity index (χ0n) is 18.4. The molecule has 1 aliphatic heterocycles. The summed E-state index contributed by atoms with van der Waals surface area (Å²) in [6.07, 6.45) is 0. The van der Waals surface area contributed by atoms with Gasteiger partial charge in [0.25, 0.3) is 5.91 Å². The predicted octanol–water partition coefficient (Wildman–Crippen LogP) is 4.14. The smallest absolute Gasteiger partial charge is 0.287 e. The van der Waals surface area contributed by atoms with Crippen molar-refractivity contribution in [2.45, 2.75) is 25.8 Å². The molecule has 2 aromatic carbocycles. The molecule has 1 aliphatic rings. The molecule has 2 heterocycles. The number of hydrogen-bond donors (Lipinski definition) is 1. The van der Waals surface area contributed by atoms with Gasteiger partial charge >= 0.3 is 0 Å². The topological polar surface area (TPSA) is 71.8 Å². The molecule has 1 N–H and O–H groups in total. The summed E-state index contributed by atoms with van der Waals surface area (Å²) in [5.41, 5.74) is 2.62. The average Bonchev–Trinajstić information content (AvgIpc) is 2.80. The molecule has 0 bridgehead atoms. The van der Waals surface area contributed by atoms with Gasteiger partial charge in [0, 0.05) is 25.7 Å². The number of nitrogens with one attached hydrogen (secondary N) is 1. The Kier molecular flexibility index (Phi) is 8.07. The van der Waals surface area contributed by atoms with E-state index in [2.05, 4.69) is 48.3 Å². The van der Waals surface area contributed by atoms with Gasteiger partial charge in [-0.2, -0.15) is 0 Å². The van der Waals surface area contributed by atoms with Gasteiger partial charge in [0.1, 0.15) is 5.58 Å². The molecule has 1 amide bonds. The van der Waals surface area contributed by atoms with Crippen LogP contribution in [0.25, 0.3) is 11.0 Å². The summed E-state index contributed by atoms with van der Waals surface area (Å²) in [5.74, 6) is 0.103. The molecule has 1 fully saturated rings. The minimum atomic E-state index is -0.389. The molecule has 7 heteroatoms. The molecule has 1 saturated heterocycles. The first-order chi connectivity index (χ1) is 15.0. The number of rotatable bonds is 6. The Hall–Kier alpha value is -2.67. The SMILES string of the molecule is CC(C)c1ccc(C(CNC(=O)c2cc(=O)c3ccccc3o2)N2CCOCC2)cc1.Cl. The minimum absolute atomic E-state index is 0. The molecule has 4 rings (SSSR count). The van der Waals surface area contributed by atoms with E-state index in [0.29, 0.717) is 36.6 Å². The summed E-state index contributed by atoms with van der Waals surface area (Å²) in [6, 6.07) is 16.8. The number of benzene rings is 2. The first kappa shape index (κ1) is 24.0. The van der Waals surface area contributed by atoms with E-state index in [1.165, 1.54) is 11.6 Å². The van der Waals surface area contributed by atoms with Crippen molar-refractivity contribution in [1.82, 2.24) is 10.2 Å². The molecule has 3 aromatic rings. The van der Waals surface area contributed by atoms with Crippen molar-refractivity contribution in [3.8, 4) is 0 Å². The fourth-order valence-electron chi connectivity index (χ4n) is 3.94. The summed E-state index contributed by atoms with van der Waals surface area (Å²) >= 11 is 0. The summed E-state index contributed by atoms with van der Waals surface area (Å²) in [5, 5.41) is 3.44. The van der Waals surface area contributed by atoms with Gasteiger partial charge in [0.05, 0.1) is 24.6 Å². The third kappa shape index (κ3) is 5.38. The number of ether oxygens (including phenoxy) is 1. The molecule has 1 atom stereocenters. The maximum atomic E-state index is 12.8. The van der Waals surface area contributed by atoms with Gasteiger partial charge in [0.2, 0.25) is 0 Å². The van der Waals surface area contributed by atoms with Crippen LogP contribution < -0.4 is 10.7 Å². The van der Waals surface area contributed by atoms with Crippen molar-refractivity contribution in [3.63, 3.8) is 0 Å². The maximum absolute atomic E-state index is 12.8. The van der Waals surface area contributed by atoms with Crippen LogP contribution in [0.4, 0.5) is 0 Å². The lowest BCUT2D eigenvalue weighted by Gasteiger charge is -2.35. The summed E-state index contributed by atoms with van der Waals surface area (Å²) < 4.78 is 11.2. The van der Waals surface area contributed by atoms with E-state index in [9.17, 15) is 9.59 Å². The number of fused-ring (bicyclic) bond motifs is 1. The third-order valence-electron chi connectivity index (χ3n) is 5.79. The molecular formula is C25H29ClN2O4. The molecule has 1 unspecified atom stereocenters. The van der Waals surface area contributed by atoms with E-state index >= 15 is 0 Å². The molecule has 0 radical (unpaired) electrons. The number of para-hydroxylation sites is 1. The van der Waals surface area contributed by atoms with E-state index in [4.69, 9.17) is 9.15 Å². The van der Waals surface area contributed by atoms with Gasteiger partial charge in [-0.3, -0.25) is 14.5 Å². The van der Waals surface area contributed by atoms with Gasteiger partial charge in [-0.25, -0.2) is 0 Å². The number of amides is 1.